The molecule has 0 aliphatic heterocycles. The lowest BCUT2D eigenvalue weighted by Gasteiger charge is -2.20. The highest BCUT2D eigenvalue weighted by Crippen LogP contribution is 2.30. The molecule has 2 aromatic rings. The van der Waals surface area contributed by atoms with Crippen molar-refractivity contribution < 1.29 is 19.1 Å². The first-order valence-corrected chi connectivity index (χ1v) is 9.33. The van der Waals surface area contributed by atoms with Crippen molar-refractivity contribution in [3.05, 3.63) is 64.7 Å². The van der Waals surface area contributed by atoms with Gasteiger partial charge in [-0.25, -0.2) is 0 Å². The third-order valence-electron chi connectivity index (χ3n) is 3.93. The van der Waals surface area contributed by atoms with Crippen molar-refractivity contribution in [2.24, 2.45) is 0 Å². The summed E-state index contributed by atoms with van der Waals surface area (Å²) in [5.41, 5.74) is 1.21. The van der Waals surface area contributed by atoms with Crippen LogP contribution < -0.4 is 9.47 Å². The van der Waals surface area contributed by atoms with Crippen molar-refractivity contribution in [1.82, 2.24) is 4.90 Å². The number of benzene rings is 2. The molecule has 28 heavy (non-hydrogen) atoms. The Hall–Kier alpha value is -2.79. The number of likely N-dealkylation sites (N-methyl/N-ethyl adjacent to an activating group) is 1. The molecule has 0 radical (unpaired) electrons. The summed E-state index contributed by atoms with van der Waals surface area (Å²) in [6.45, 7) is 3.99. The fourth-order valence-corrected chi connectivity index (χ4v) is 2.75. The van der Waals surface area contributed by atoms with E-state index in [9.17, 15) is 9.59 Å². The van der Waals surface area contributed by atoms with E-state index in [-0.39, 0.29) is 11.7 Å². The van der Waals surface area contributed by atoms with Gasteiger partial charge in [0.05, 0.1) is 11.6 Å². The van der Waals surface area contributed by atoms with Gasteiger partial charge in [-0.1, -0.05) is 35.9 Å². The van der Waals surface area contributed by atoms with Gasteiger partial charge in [-0.3, -0.25) is 9.59 Å². The van der Waals surface area contributed by atoms with Crippen molar-refractivity contribution in [3.8, 4) is 11.5 Å². The van der Waals surface area contributed by atoms with Crippen molar-refractivity contribution in [1.29, 1.82) is 0 Å². The molecule has 1 amide bonds. The lowest BCUT2D eigenvalue weighted by atomic mass is 10.1. The van der Waals surface area contributed by atoms with Crippen LogP contribution in [-0.2, 0) is 4.79 Å². The van der Waals surface area contributed by atoms with Crippen molar-refractivity contribution >= 4 is 29.4 Å². The van der Waals surface area contributed by atoms with Crippen LogP contribution >= 0.6 is 11.6 Å². The number of carbonyl (C=O) groups excluding carboxylic acids is 2. The summed E-state index contributed by atoms with van der Waals surface area (Å²) in [7, 11) is 3.35. The summed E-state index contributed by atoms with van der Waals surface area (Å²) < 4.78 is 11.4. The molecule has 5 nitrogen and oxygen atoms in total. The molecule has 148 valence electrons. The summed E-state index contributed by atoms with van der Waals surface area (Å²) >= 11 is 6.06. The maximum absolute atomic E-state index is 12.3. The largest absolute Gasteiger partial charge is 0.490 e. The zero-order valence-corrected chi connectivity index (χ0v) is 17.2. The second kappa shape index (κ2) is 9.95. The van der Waals surface area contributed by atoms with E-state index in [2.05, 4.69) is 0 Å². The minimum absolute atomic E-state index is 0.142. The molecule has 6 heteroatoms. The summed E-state index contributed by atoms with van der Waals surface area (Å²) in [6.07, 6.45) is 2.51. The third kappa shape index (κ3) is 5.60. The van der Waals surface area contributed by atoms with Gasteiger partial charge in [-0.2, -0.15) is 0 Å². The van der Waals surface area contributed by atoms with E-state index in [4.69, 9.17) is 21.1 Å². The number of carbonyl (C=O) groups is 2. The van der Waals surface area contributed by atoms with E-state index >= 15 is 0 Å². The van der Waals surface area contributed by atoms with E-state index in [0.29, 0.717) is 28.7 Å². The molecule has 0 unspecified atom stereocenters. The van der Waals surface area contributed by atoms with E-state index in [1.165, 1.54) is 11.0 Å². The predicted molar refractivity (Wildman–Crippen MR) is 111 cm³/mol. The van der Waals surface area contributed by atoms with E-state index in [1.807, 2.05) is 6.92 Å². The zero-order chi connectivity index (χ0) is 20.7. The van der Waals surface area contributed by atoms with Crippen molar-refractivity contribution in [3.63, 3.8) is 0 Å². The number of hydrogen-bond donors (Lipinski definition) is 0. The summed E-state index contributed by atoms with van der Waals surface area (Å²) in [6, 6.07) is 12.2. The Kier molecular flexibility index (Phi) is 7.64. The highest BCUT2D eigenvalue weighted by atomic mass is 35.5. The first-order chi connectivity index (χ1) is 13.3. The van der Waals surface area contributed by atoms with Gasteiger partial charge < -0.3 is 14.4 Å². The fraction of sp³-hybridized carbons (Fsp3) is 0.273. The Labute approximate surface area is 170 Å². The van der Waals surface area contributed by atoms with E-state index in [1.54, 1.807) is 69.6 Å². The molecular weight excluding hydrogens is 378 g/mol. The number of nitrogens with zero attached hydrogens (tertiary/aromatic N) is 1. The van der Waals surface area contributed by atoms with Gasteiger partial charge in [0, 0.05) is 19.7 Å². The Balaban J connectivity index is 2.20. The van der Waals surface area contributed by atoms with Crippen LogP contribution in [0.3, 0.4) is 0 Å². The lowest BCUT2D eigenvalue weighted by molar-refractivity contribution is -0.135. The average Bonchev–Trinajstić information content (AvgIpc) is 2.67. The molecule has 2 aromatic carbocycles. The number of rotatable bonds is 8. The minimum atomic E-state index is -0.641. The van der Waals surface area contributed by atoms with Crippen molar-refractivity contribution in [2.45, 2.75) is 20.0 Å². The molecule has 0 saturated carbocycles. The van der Waals surface area contributed by atoms with Crippen LogP contribution in [0.15, 0.2) is 48.5 Å². The Morgan fingerprint density at radius 1 is 1.14 bits per heavy atom. The van der Waals surface area contributed by atoms with Gasteiger partial charge >= 0.3 is 0 Å². The Morgan fingerprint density at radius 3 is 2.50 bits per heavy atom. The van der Waals surface area contributed by atoms with E-state index in [0.717, 1.165) is 5.56 Å². The fourth-order valence-electron chi connectivity index (χ4n) is 2.52. The summed E-state index contributed by atoms with van der Waals surface area (Å²) in [5, 5.41) is 0.412. The Morgan fingerprint density at radius 2 is 1.86 bits per heavy atom. The molecule has 0 fully saturated rings. The van der Waals surface area contributed by atoms with Gasteiger partial charge in [0.15, 0.2) is 23.4 Å². The second-order valence-electron chi connectivity index (χ2n) is 6.31. The van der Waals surface area contributed by atoms with Crippen LogP contribution in [0.4, 0.5) is 0 Å². The number of hydrogen-bond acceptors (Lipinski definition) is 4. The topological polar surface area (TPSA) is 55.8 Å². The summed E-state index contributed by atoms with van der Waals surface area (Å²) in [4.78, 5) is 25.8. The molecule has 2 rings (SSSR count). The standard InChI is InChI=1S/C22H24ClNO4/c1-5-27-21-14-16(10-12-19(25)17-8-6-7-9-18(17)23)11-13-20(21)28-15(2)22(26)24(3)4/h6-15H,5H2,1-4H3/b12-10+/t15-/m0/s1. The number of ketones is 1. The number of ether oxygens (including phenoxy) is 2. The van der Waals surface area contributed by atoms with Crippen LogP contribution in [0.5, 0.6) is 11.5 Å². The van der Waals surface area contributed by atoms with Crippen LogP contribution in [-0.4, -0.2) is 43.4 Å². The van der Waals surface area contributed by atoms with Gasteiger partial charge in [0.1, 0.15) is 0 Å². The molecule has 1 atom stereocenters. The minimum Gasteiger partial charge on any atom is -0.490 e. The number of amides is 1. The van der Waals surface area contributed by atoms with Gasteiger partial charge in [0.2, 0.25) is 0 Å². The number of allylic oxidation sites excluding steroid dienone is 1. The molecule has 0 aliphatic carbocycles. The molecule has 0 aromatic heterocycles. The molecule has 0 saturated heterocycles. The van der Waals surface area contributed by atoms with Crippen LogP contribution in [0, 0.1) is 0 Å². The average molecular weight is 402 g/mol. The monoisotopic (exact) mass is 401 g/mol. The van der Waals surface area contributed by atoms with Gasteiger partial charge in [-0.15, -0.1) is 0 Å². The van der Waals surface area contributed by atoms with Crippen LogP contribution in [0.1, 0.15) is 29.8 Å². The van der Waals surface area contributed by atoms with Crippen LogP contribution in [0.25, 0.3) is 6.08 Å². The lowest BCUT2D eigenvalue weighted by Crippen LogP contribution is -2.35. The molecule has 0 spiro atoms. The maximum atomic E-state index is 12.3. The van der Waals surface area contributed by atoms with Gasteiger partial charge in [-0.05, 0) is 49.8 Å². The van der Waals surface area contributed by atoms with Crippen LogP contribution in [0.2, 0.25) is 5.02 Å². The molecular formula is C22H24ClNO4. The Bertz CT molecular complexity index is 877. The SMILES string of the molecule is CCOc1cc(/C=C/C(=O)c2ccccc2Cl)ccc1O[C@@H](C)C(=O)N(C)C. The molecule has 0 heterocycles. The van der Waals surface area contributed by atoms with Gasteiger partial charge in [0.25, 0.3) is 5.91 Å². The molecule has 0 bridgehead atoms. The first-order valence-electron chi connectivity index (χ1n) is 8.95. The quantitative estimate of drug-likeness (QED) is 0.483. The summed E-state index contributed by atoms with van der Waals surface area (Å²) in [5.74, 6) is 0.651. The molecule has 0 aliphatic rings. The highest BCUT2D eigenvalue weighted by Gasteiger charge is 2.18. The highest BCUT2D eigenvalue weighted by molar-refractivity contribution is 6.34. The normalized spacial score (nSPS) is 11.9. The first kappa shape index (κ1) is 21.5. The maximum Gasteiger partial charge on any atom is 0.262 e. The number of halogens is 1. The van der Waals surface area contributed by atoms with Crippen molar-refractivity contribution in [2.75, 3.05) is 20.7 Å². The second-order valence-corrected chi connectivity index (χ2v) is 6.72. The zero-order valence-electron chi connectivity index (χ0n) is 16.4. The smallest absolute Gasteiger partial charge is 0.262 e. The predicted octanol–water partition coefficient (Wildman–Crippen LogP) is 4.49. The third-order valence-corrected chi connectivity index (χ3v) is 4.26. The molecule has 0 N–H and O–H groups in total. The van der Waals surface area contributed by atoms with E-state index < -0.39 is 6.10 Å².